The van der Waals surface area contributed by atoms with Gasteiger partial charge >= 0.3 is 0 Å². The van der Waals surface area contributed by atoms with Gasteiger partial charge in [0.1, 0.15) is 6.54 Å². The number of guanidine groups is 1. The van der Waals surface area contributed by atoms with E-state index < -0.39 is 0 Å². The summed E-state index contributed by atoms with van der Waals surface area (Å²) in [6, 6.07) is 5.84. The first-order chi connectivity index (χ1) is 11.7. The molecule has 2 aromatic rings. The Morgan fingerprint density at radius 1 is 1.28 bits per heavy atom. The average molecular weight is 460 g/mol. The van der Waals surface area contributed by atoms with Gasteiger partial charge in [-0.25, -0.2) is 4.99 Å². The Balaban J connectivity index is 0.00000312. The fraction of sp³-hybridized carbons (Fsp3) is 0.588. The molecule has 0 spiro atoms. The highest BCUT2D eigenvalue weighted by Crippen LogP contribution is 2.03. The molecule has 0 saturated carbocycles. The standard InChI is InChI=1S/C17H28N6O.HI/c1-4-18-17(19-9-7-11-24-13-14(2)3)20-12-16-22-21-15-8-5-6-10-23(15)16;/h5-6,8,10,14H,4,7,9,11-13H2,1-3H3,(H2,18,19,20);1H. The van der Waals surface area contributed by atoms with Gasteiger partial charge in [0.25, 0.3) is 0 Å². The molecule has 2 rings (SSSR count). The van der Waals surface area contributed by atoms with Crippen LogP contribution in [-0.4, -0.2) is 46.9 Å². The number of nitrogens with zero attached hydrogens (tertiary/aromatic N) is 4. The van der Waals surface area contributed by atoms with Crippen molar-refractivity contribution in [2.75, 3.05) is 26.3 Å². The minimum atomic E-state index is 0. The third-order valence-corrected chi connectivity index (χ3v) is 3.32. The third-order valence-electron chi connectivity index (χ3n) is 3.32. The van der Waals surface area contributed by atoms with Crippen LogP contribution in [0.25, 0.3) is 5.65 Å². The first kappa shape index (κ1) is 21.6. The number of halogens is 1. The highest BCUT2D eigenvalue weighted by molar-refractivity contribution is 14.0. The summed E-state index contributed by atoms with van der Waals surface area (Å²) >= 11 is 0. The Morgan fingerprint density at radius 2 is 2.12 bits per heavy atom. The quantitative estimate of drug-likeness (QED) is 0.260. The van der Waals surface area contributed by atoms with E-state index in [0.717, 1.165) is 50.2 Å². The molecule has 0 aromatic carbocycles. The zero-order valence-corrected chi connectivity index (χ0v) is 17.6. The molecule has 0 aliphatic heterocycles. The fourth-order valence-corrected chi connectivity index (χ4v) is 2.19. The molecule has 0 fully saturated rings. The molecule has 0 unspecified atom stereocenters. The van der Waals surface area contributed by atoms with E-state index in [1.54, 1.807) is 0 Å². The van der Waals surface area contributed by atoms with Crippen molar-refractivity contribution in [1.82, 2.24) is 25.2 Å². The lowest BCUT2D eigenvalue weighted by Crippen LogP contribution is -2.38. The molecular weight excluding hydrogens is 431 g/mol. The maximum absolute atomic E-state index is 5.58. The Bertz CT molecular complexity index is 643. The number of nitrogens with one attached hydrogen (secondary N) is 2. The maximum Gasteiger partial charge on any atom is 0.191 e. The molecule has 140 valence electrons. The fourth-order valence-electron chi connectivity index (χ4n) is 2.19. The molecule has 0 aliphatic rings. The molecule has 2 heterocycles. The van der Waals surface area contributed by atoms with Crippen LogP contribution < -0.4 is 10.6 Å². The summed E-state index contributed by atoms with van der Waals surface area (Å²) in [6.45, 7) is 10.1. The maximum atomic E-state index is 5.58. The number of fused-ring (bicyclic) bond motifs is 1. The highest BCUT2D eigenvalue weighted by atomic mass is 127. The first-order valence-corrected chi connectivity index (χ1v) is 8.59. The van der Waals surface area contributed by atoms with Crippen LogP contribution in [0.15, 0.2) is 29.4 Å². The molecule has 2 N–H and O–H groups in total. The van der Waals surface area contributed by atoms with E-state index >= 15 is 0 Å². The summed E-state index contributed by atoms with van der Waals surface area (Å²) in [5.41, 5.74) is 0.836. The van der Waals surface area contributed by atoms with Crippen LogP contribution in [0.1, 0.15) is 33.0 Å². The Kier molecular flexibility index (Phi) is 10.4. The Morgan fingerprint density at radius 3 is 2.88 bits per heavy atom. The minimum absolute atomic E-state index is 0. The first-order valence-electron chi connectivity index (χ1n) is 8.59. The van der Waals surface area contributed by atoms with Crippen LogP contribution in [0.3, 0.4) is 0 Å². The largest absolute Gasteiger partial charge is 0.381 e. The van der Waals surface area contributed by atoms with Gasteiger partial charge < -0.3 is 15.4 Å². The zero-order chi connectivity index (χ0) is 17.2. The van der Waals surface area contributed by atoms with Gasteiger partial charge in [0, 0.05) is 32.5 Å². The summed E-state index contributed by atoms with van der Waals surface area (Å²) in [5, 5.41) is 14.9. The van der Waals surface area contributed by atoms with Crippen molar-refractivity contribution in [3.05, 3.63) is 30.2 Å². The lowest BCUT2D eigenvalue weighted by atomic mass is 10.2. The van der Waals surface area contributed by atoms with Crippen molar-refractivity contribution in [3.63, 3.8) is 0 Å². The molecule has 0 bridgehead atoms. The smallest absolute Gasteiger partial charge is 0.191 e. The summed E-state index contributed by atoms with van der Waals surface area (Å²) in [6.07, 6.45) is 2.90. The molecule has 0 atom stereocenters. The van der Waals surface area contributed by atoms with Gasteiger partial charge in [-0.3, -0.25) is 4.40 Å². The van der Waals surface area contributed by atoms with Gasteiger partial charge in [-0.1, -0.05) is 19.9 Å². The monoisotopic (exact) mass is 460 g/mol. The predicted octanol–water partition coefficient (Wildman–Crippen LogP) is 2.47. The SMILES string of the molecule is CCNC(=NCc1nnc2ccccn12)NCCCOCC(C)C.I. The van der Waals surface area contributed by atoms with Gasteiger partial charge in [-0.05, 0) is 31.4 Å². The van der Waals surface area contributed by atoms with Gasteiger partial charge in [0.05, 0.1) is 0 Å². The second kappa shape index (κ2) is 12.0. The van der Waals surface area contributed by atoms with Crippen molar-refractivity contribution in [3.8, 4) is 0 Å². The summed E-state index contributed by atoms with van der Waals surface area (Å²) in [4.78, 5) is 4.58. The van der Waals surface area contributed by atoms with Crippen LogP contribution in [0, 0.1) is 5.92 Å². The van der Waals surface area contributed by atoms with Crippen molar-refractivity contribution < 1.29 is 4.74 Å². The predicted molar refractivity (Wildman–Crippen MR) is 111 cm³/mol. The lowest BCUT2D eigenvalue weighted by molar-refractivity contribution is 0.108. The Labute approximate surface area is 166 Å². The molecule has 2 aromatic heterocycles. The summed E-state index contributed by atoms with van der Waals surface area (Å²) in [7, 11) is 0. The Hall–Kier alpha value is -1.42. The molecule has 0 saturated heterocycles. The van der Waals surface area contributed by atoms with E-state index in [1.165, 1.54) is 0 Å². The number of hydrogen-bond acceptors (Lipinski definition) is 4. The molecule has 0 radical (unpaired) electrons. The van der Waals surface area contributed by atoms with Crippen molar-refractivity contribution in [1.29, 1.82) is 0 Å². The van der Waals surface area contributed by atoms with E-state index in [2.05, 4.69) is 46.6 Å². The average Bonchev–Trinajstić information content (AvgIpc) is 2.98. The highest BCUT2D eigenvalue weighted by Gasteiger charge is 2.04. The number of pyridine rings is 1. The summed E-state index contributed by atoms with van der Waals surface area (Å²) in [5.74, 6) is 2.19. The topological polar surface area (TPSA) is 75.8 Å². The van der Waals surface area contributed by atoms with Crippen LogP contribution in [0.5, 0.6) is 0 Å². The molecule has 8 heteroatoms. The summed E-state index contributed by atoms with van der Waals surface area (Å²) < 4.78 is 7.53. The number of hydrogen-bond donors (Lipinski definition) is 2. The van der Waals surface area contributed by atoms with Gasteiger partial charge in [0.15, 0.2) is 17.4 Å². The zero-order valence-electron chi connectivity index (χ0n) is 15.2. The molecular formula is C17H29IN6O. The van der Waals surface area contributed by atoms with E-state index in [4.69, 9.17) is 4.74 Å². The second-order valence-electron chi connectivity index (χ2n) is 5.99. The van der Waals surface area contributed by atoms with Crippen molar-refractivity contribution in [2.24, 2.45) is 10.9 Å². The number of aromatic nitrogens is 3. The molecule has 0 aliphatic carbocycles. The third kappa shape index (κ3) is 7.55. The molecule has 25 heavy (non-hydrogen) atoms. The van der Waals surface area contributed by atoms with Crippen LogP contribution in [0.2, 0.25) is 0 Å². The van der Waals surface area contributed by atoms with Crippen molar-refractivity contribution >= 4 is 35.6 Å². The van der Waals surface area contributed by atoms with Crippen molar-refractivity contribution in [2.45, 2.75) is 33.7 Å². The van der Waals surface area contributed by atoms with Gasteiger partial charge in [-0.2, -0.15) is 0 Å². The van der Waals surface area contributed by atoms with Gasteiger partial charge in [-0.15, -0.1) is 34.2 Å². The number of ether oxygens (including phenoxy) is 1. The van der Waals surface area contributed by atoms with E-state index in [-0.39, 0.29) is 24.0 Å². The van der Waals surface area contributed by atoms with Gasteiger partial charge in [0.2, 0.25) is 0 Å². The molecule has 0 amide bonds. The van der Waals surface area contributed by atoms with Crippen LogP contribution in [-0.2, 0) is 11.3 Å². The van der Waals surface area contributed by atoms with E-state index in [1.807, 2.05) is 28.8 Å². The van der Waals surface area contributed by atoms with Crippen LogP contribution in [0.4, 0.5) is 0 Å². The second-order valence-corrected chi connectivity index (χ2v) is 5.99. The van der Waals surface area contributed by atoms with Crippen LogP contribution >= 0.6 is 24.0 Å². The lowest BCUT2D eigenvalue weighted by Gasteiger charge is -2.11. The van der Waals surface area contributed by atoms with E-state index in [9.17, 15) is 0 Å². The van der Waals surface area contributed by atoms with E-state index in [0.29, 0.717) is 12.5 Å². The minimum Gasteiger partial charge on any atom is -0.381 e. The number of aliphatic imine (C=N–C) groups is 1. The molecule has 7 nitrogen and oxygen atoms in total. The number of rotatable bonds is 9. The normalized spacial score (nSPS) is 11.6.